The third-order valence-electron chi connectivity index (χ3n) is 0.855. The molecule has 70 valence electrons. The second-order valence-electron chi connectivity index (χ2n) is 2.03. The summed E-state index contributed by atoms with van der Waals surface area (Å²) in [6.07, 6.45) is -0.593. The molecule has 0 aromatic heterocycles. The molecule has 0 saturated heterocycles. The second-order valence-corrected chi connectivity index (χ2v) is 2.74. The molecule has 0 heterocycles. The number of hydrogen-bond acceptors (Lipinski definition) is 3. The summed E-state index contributed by atoms with van der Waals surface area (Å²) < 4.78 is 0.361. The number of carboxylic acid groups (broad SMARTS) is 3. The molecule has 0 fully saturated rings. The van der Waals surface area contributed by atoms with E-state index < -0.39 is 17.9 Å². The van der Waals surface area contributed by atoms with Gasteiger partial charge in [0, 0.05) is 0 Å². The minimum absolute atomic E-state index is 0.296. The first-order valence-electron chi connectivity index (χ1n) is 3.55. The molecule has 0 aromatic carbocycles. The van der Waals surface area contributed by atoms with Gasteiger partial charge in [0.05, 0.1) is 12.8 Å². The van der Waals surface area contributed by atoms with Gasteiger partial charge in [-0.15, -0.1) is 0 Å². The van der Waals surface area contributed by atoms with Crippen molar-refractivity contribution in [3.63, 3.8) is 0 Å². The zero-order valence-corrected chi connectivity index (χ0v) is 9.19. The maximum absolute atomic E-state index is 9.64. The van der Waals surface area contributed by atoms with Crippen LogP contribution in [0.25, 0.3) is 0 Å². The summed E-state index contributed by atoms with van der Waals surface area (Å²) in [5.74, 6) is -2.84. The molecule has 6 nitrogen and oxygen atoms in total. The standard InChI is InChI=1S/C4H6O4.C2H3O2.Na/c5-3(6)1-2-4(7)8;1-2(3)4;/h1-2H2,(H,5,6)(H,7,8);1H2,(H,3,4);. The number of aliphatic carboxylic acids is 3. The summed E-state index contributed by atoms with van der Waals surface area (Å²) >= 11 is 0.774. The van der Waals surface area contributed by atoms with Crippen LogP contribution in [-0.2, 0) is 14.4 Å². The number of carboxylic acids is 3. The van der Waals surface area contributed by atoms with Crippen molar-refractivity contribution in [1.82, 2.24) is 0 Å². The third-order valence-corrected chi connectivity index (χ3v) is 1.46. The molecule has 3 N–H and O–H groups in total. The van der Waals surface area contributed by atoms with Gasteiger partial charge in [0.1, 0.15) is 0 Å². The average Bonchev–Trinajstić information content (AvgIpc) is 2.02. The van der Waals surface area contributed by atoms with E-state index in [1.165, 1.54) is 0 Å². The van der Waals surface area contributed by atoms with Crippen LogP contribution in [0, 0.1) is 0 Å². The van der Waals surface area contributed by atoms with E-state index in [0.29, 0.717) is 3.67 Å². The second kappa shape index (κ2) is 9.50. The van der Waals surface area contributed by atoms with Crippen LogP contribution in [0.4, 0.5) is 0 Å². The molecule has 0 unspecified atom stereocenters. The van der Waals surface area contributed by atoms with E-state index in [2.05, 4.69) is 0 Å². The fourth-order valence-electron chi connectivity index (χ4n) is 0.214. The van der Waals surface area contributed by atoms with Crippen molar-refractivity contribution >= 4 is 45.8 Å². The Bertz CT molecular complexity index is 176. The predicted molar refractivity (Wildman–Crippen MR) is 42.7 cm³/mol. The molecule has 0 spiro atoms. The Morgan fingerprint density at radius 1 is 0.846 bits per heavy atom. The zero-order valence-electron chi connectivity index (χ0n) is 7.19. The molecule has 0 aliphatic rings. The fourth-order valence-corrected chi connectivity index (χ4v) is 0.214. The average molecular weight is 200 g/mol. The van der Waals surface area contributed by atoms with Gasteiger partial charge in [0.15, 0.2) is 0 Å². The molecular formula is C6H9NaO6. The van der Waals surface area contributed by atoms with Crippen molar-refractivity contribution in [3.8, 4) is 0 Å². The molecule has 0 radical (unpaired) electrons. The van der Waals surface area contributed by atoms with Crippen molar-refractivity contribution in [3.05, 3.63) is 0 Å². The molecule has 0 aromatic rings. The Morgan fingerprint density at radius 2 is 1.08 bits per heavy atom. The molecule has 0 saturated carbocycles. The van der Waals surface area contributed by atoms with E-state index in [4.69, 9.17) is 15.3 Å². The number of hydrogen-bond donors (Lipinski definition) is 3. The van der Waals surface area contributed by atoms with Gasteiger partial charge in [-0.2, -0.15) is 0 Å². The first kappa shape index (κ1) is 14.9. The van der Waals surface area contributed by atoms with Crippen molar-refractivity contribution < 1.29 is 29.7 Å². The van der Waals surface area contributed by atoms with Crippen molar-refractivity contribution in [2.75, 3.05) is 0 Å². The Morgan fingerprint density at radius 3 is 1.15 bits per heavy atom. The quantitative estimate of drug-likeness (QED) is 0.532. The molecule has 0 aliphatic heterocycles. The van der Waals surface area contributed by atoms with Gasteiger partial charge >= 0.3 is 59.4 Å². The summed E-state index contributed by atoms with van der Waals surface area (Å²) in [7, 11) is 0. The van der Waals surface area contributed by atoms with Crippen LogP contribution in [0.15, 0.2) is 0 Å². The molecule has 0 atom stereocenters. The van der Waals surface area contributed by atoms with Gasteiger partial charge < -0.3 is 10.2 Å². The van der Waals surface area contributed by atoms with Crippen molar-refractivity contribution in [2.24, 2.45) is 0 Å². The summed E-state index contributed by atoms with van der Waals surface area (Å²) in [5, 5.41) is 23.6. The van der Waals surface area contributed by atoms with Crippen LogP contribution >= 0.6 is 0 Å². The van der Waals surface area contributed by atoms with E-state index in [1.807, 2.05) is 0 Å². The third kappa shape index (κ3) is 24.6. The molecule has 0 bridgehead atoms. The van der Waals surface area contributed by atoms with Gasteiger partial charge in [-0.1, -0.05) is 0 Å². The summed E-state index contributed by atoms with van der Waals surface area (Å²) in [6, 6.07) is 0. The summed E-state index contributed by atoms with van der Waals surface area (Å²) in [6.45, 7) is 0. The molecule has 0 aliphatic carbocycles. The van der Waals surface area contributed by atoms with Crippen LogP contribution in [0.1, 0.15) is 12.8 Å². The van der Waals surface area contributed by atoms with Crippen LogP contribution in [-0.4, -0.2) is 61.2 Å². The Balaban J connectivity index is 0. The van der Waals surface area contributed by atoms with Crippen LogP contribution < -0.4 is 0 Å². The first-order chi connectivity index (χ1) is 5.90. The van der Waals surface area contributed by atoms with Gasteiger partial charge in [-0.05, 0) is 0 Å². The van der Waals surface area contributed by atoms with Gasteiger partial charge in [0.25, 0.3) is 0 Å². The van der Waals surface area contributed by atoms with E-state index in [-0.39, 0.29) is 12.8 Å². The van der Waals surface area contributed by atoms with E-state index in [1.54, 1.807) is 0 Å². The Kier molecular flexibility index (Phi) is 10.9. The van der Waals surface area contributed by atoms with E-state index in [0.717, 1.165) is 27.9 Å². The van der Waals surface area contributed by atoms with Crippen molar-refractivity contribution in [2.45, 2.75) is 16.5 Å². The molecule has 0 rings (SSSR count). The summed E-state index contributed by atoms with van der Waals surface area (Å²) in [5.41, 5.74) is 0. The maximum atomic E-state index is 9.64. The predicted octanol–water partition coefficient (Wildman–Crippen LogP) is -0.406. The monoisotopic (exact) mass is 200 g/mol. The summed E-state index contributed by atoms with van der Waals surface area (Å²) in [4.78, 5) is 28.7. The first-order valence-corrected chi connectivity index (χ1v) is 4.97. The SMILES string of the molecule is O=C(O)CCC(=O)O.O=C(O)[CH2][Na]. The van der Waals surface area contributed by atoms with Crippen molar-refractivity contribution in [1.29, 1.82) is 0 Å². The number of rotatable bonds is 4. The van der Waals surface area contributed by atoms with Gasteiger partial charge in [-0.3, -0.25) is 9.59 Å². The zero-order chi connectivity index (χ0) is 10.9. The van der Waals surface area contributed by atoms with Crippen LogP contribution in [0.3, 0.4) is 0 Å². The minimum atomic E-state index is -1.08. The topological polar surface area (TPSA) is 112 Å². The van der Waals surface area contributed by atoms with Crippen LogP contribution in [0.2, 0.25) is 3.67 Å². The molecule has 0 amide bonds. The number of carbonyl (C=O) groups is 3. The van der Waals surface area contributed by atoms with Crippen LogP contribution in [0.5, 0.6) is 0 Å². The fraction of sp³-hybridized carbons (Fsp3) is 0.500. The van der Waals surface area contributed by atoms with Gasteiger partial charge in [-0.25, -0.2) is 0 Å². The Labute approximate surface area is 92.0 Å². The molecule has 7 heteroatoms. The van der Waals surface area contributed by atoms with E-state index >= 15 is 0 Å². The molecule has 13 heavy (non-hydrogen) atoms. The van der Waals surface area contributed by atoms with Gasteiger partial charge in [0.2, 0.25) is 0 Å². The molecular weight excluding hydrogens is 191 g/mol. The normalized spacial score (nSPS) is 8.15. The van der Waals surface area contributed by atoms with E-state index in [9.17, 15) is 14.4 Å². The Hall–Kier alpha value is -0.590.